The van der Waals surface area contributed by atoms with Gasteiger partial charge in [-0.1, -0.05) is 39.8 Å². The second-order valence-electron chi connectivity index (χ2n) is 9.87. The summed E-state index contributed by atoms with van der Waals surface area (Å²) in [5, 5.41) is 0. The molecule has 0 unspecified atom stereocenters. The molecule has 0 radical (unpaired) electrons. The highest BCUT2D eigenvalue weighted by atomic mass is 16.5. The third kappa shape index (κ3) is 3.19. The summed E-state index contributed by atoms with van der Waals surface area (Å²) in [6.07, 6.45) is 2.36. The van der Waals surface area contributed by atoms with E-state index in [9.17, 15) is 9.59 Å². The van der Waals surface area contributed by atoms with E-state index >= 15 is 0 Å². The van der Waals surface area contributed by atoms with E-state index in [1.807, 2.05) is 24.3 Å². The first-order chi connectivity index (χ1) is 13.1. The molecule has 28 heavy (non-hydrogen) atoms. The van der Waals surface area contributed by atoms with Crippen LogP contribution in [0.4, 0.5) is 0 Å². The molecule has 1 heterocycles. The van der Waals surface area contributed by atoms with E-state index in [1.54, 1.807) is 7.11 Å². The monoisotopic (exact) mass is 380 g/mol. The molecule has 1 aliphatic heterocycles. The molecule has 0 fully saturated rings. The molecular weight excluding hydrogens is 352 g/mol. The number of ether oxygens (including phenoxy) is 2. The van der Waals surface area contributed by atoms with Crippen molar-refractivity contribution in [2.75, 3.05) is 7.11 Å². The van der Waals surface area contributed by atoms with E-state index in [0.29, 0.717) is 36.8 Å². The number of hydrogen-bond acceptors (Lipinski definition) is 4. The topological polar surface area (TPSA) is 52.6 Å². The van der Waals surface area contributed by atoms with E-state index < -0.39 is 0 Å². The lowest BCUT2D eigenvalue weighted by Crippen LogP contribution is -2.37. The van der Waals surface area contributed by atoms with Gasteiger partial charge in [0.25, 0.3) is 0 Å². The molecule has 0 N–H and O–H groups in total. The summed E-state index contributed by atoms with van der Waals surface area (Å²) in [4.78, 5) is 26.4. The Balaban J connectivity index is 1.91. The van der Waals surface area contributed by atoms with Gasteiger partial charge in [0.1, 0.15) is 17.3 Å². The van der Waals surface area contributed by atoms with Gasteiger partial charge in [-0.15, -0.1) is 0 Å². The Bertz CT molecular complexity index is 878. The Morgan fingerprint density at radius 3 is 1.93 bits per heavy atom. The minimum Gasteiger partial charge on any atom is -0.497 e. The van der Waals surface area contributed by atoms with Crippen molar-refractivity contribution >= 4 is 11.6 Å². The predicted octanol–water partition coefficient (Wildman–Crippen LogP) is 5.10. The van der Waals surface area contributed by atoms with Crippen LogP contribution in [0.3, 0.4) is 0 Å². The van der Waals surface area contributed by atoms with Crippen molar-refractivity contribution in [3.63, 3.8) is 0 Å². The smallest absolute Gasteiger partial charge is 0.163 e. The maximum absolute atomic E-state index is 13.2. The van der Waals surface area contributed by atoms with Crippen molar-refractivity contribution in [3.8, 4) is 5.75 Å². The molecule has 0 saturated heterocycles. The minimum absolute atomic E-state index is 0.0863. The van der Waals surface area contributed by atoms with Gasteiger partial charge < -0.3 is 9.47 Å². The van der Waals surface area contributed by atoms with Crippen LogP contribution in [0.2, 0.25) is 0 Å². The Morgan fingerprint density at radius 2 is 1.43 bits per heavy atom. The molecule has 0 amide bonds. The van der Waals surface area contributed by atoms with E-state index in [0.717, 1.165) is 22.8 Å². The lowest BCUT2D eigenvalue weighted by molar-refractivity contribution is -0.120. The van der Waals surface area contributed by atoms with Crippen molar-refractivity contribution in [1.29, 1.82) is 0 Å². The van der Waals surface area contributed by atoms with Gasteiger partial charge in [-0.2, -0.15) is 0 Å². The fourth-order valence-corrected chi connectivity index (χ4v) is 4.83. The first kappa shape index (κ1) is 19.0. The Morgan fingerprint density at radius 1 is 0.893 bits per heavy atom. The maximum Gasteiger partial charge on any atom is 0.163 e. The molecule has 4 rings (SSSR count). The zero-order chi connectivity index (χ0) is 20.3. The quantitative estimate of drug-likeness (QED) is 0.717. The third-order valence-corrected chi connectivity index (χ3v) is 6.01. The largest absolute Gasteiger partial charge is 0.497 e. The highest BCUT2D eigenvalue weighted by molar-refractivity contribution is 6.06. The van der Waals surface area contributed by atoms with Crippen LogP contribution in [0.1, 0.15) is 64.9 Å². The normalized spacial score (nSPS) is 23.9. The standard InChI is InChI=1S/C24H28O4/c1-23(2)10-16(25)21-18(12-23)28-19-13-24(3,4)11-17(26)22(19)20(21)14-7-6-8-15(9-14)27-5/h6-9,20H,10-13H2,1-5H3. The number of ketones is 2. The Kier molecular flexibility index (Phi) is 4.29. The average Bonchev–Trinajstić information content (AvgIpc) is 2.57. The van der Waals surface area contributed by atoms with Crippen molar-refractivity contribution in [2.45, 2.75) is 59.3 Å². The number of Topliss-reactive ketones (excluding diaryl/α,β-unsaturated/α-hetero) is 2. The van der Waals surface area contributed by atoms with Gasteiger partial charge in [0, 0.05) is 42.7 Å². The third-order valence-electron chi connectivity index (χ3n) is 6.01. The first-order valence-electron chi connectivity index (χ1n) is 9.94. The van der Waals surface area contributed by atoms with Crippen LogP contribution in [0.5, 0.6) is 5.75 Å². The Labute approximate surface area is 166 Å². The van der Waals surface area contributed by atoms with E-state index in [1.165, 1.54) is 0 Å². The Hall–Kier alpha value is -2.36. The summed E-state index contributed by atoms with van der Waals surface area (Å²) in [6, 6.07) is 7.71. The van der Waals surface area contributed by atoms with Gasteiger partial charge in [0.05, 0.1) is 7.11 Å². The number of benzene rings is 1. The van der Waals surface area contributed by atoms with Gasteiger partial charge in [-0.25, -0.2) is 0 Å². The molecule has 0 saturated carbocycles. The van der Waals surface area contributed by atoms with E-state index in [2.05, 4.69) is 27.7 Å². The zero-order valence-corrected chi connectivity index (χ0v) is 17.3. The summed E-state index contributed by atoms with van der Waals surface area (Å²) < 4.78 is 11.7. The average molecular weight is 380 g/mol. The van der Waals surface area contributed by atoms with Gasteiger partial charge in [0.2, 0.25) is 0 Å². The molecule has 0 aromatic heterocycles. The van der Waals surface area contributed by atoms with Crippen LogP contribution in [0.25, 0.3) is 0 Å². The number of rotatable bonds is 2. The SMILES string of the molecule is COc1cccc(C2C3=C(CC(C)(C)CC3=O)OC3=C2C(=O)CC(C)(C)C3)c1. The molecule has 4 heteroatoms. The summed E-state index contributed by atoms with van der Waals surface area (Å²) in [5.74, 6) is 2.03. The predicted molar refractivity (Wildman–Crippen MR) is 107 cm³/mol. The maximum atomic E-state index is 13.2. The molecule has 3 aliphatic rings. The van der Waals surface area contributed by atoms with Crippen LogP contribution in [0, 0.1) is 10.8 Å². The number of carbonyl (C=O) groups excluding carboxylic acids is 2. The molecule has 0 atom stereocenters. The number of allylic oxidation sites excluding steroid dienone is 4. The van der Waals surface area contributed by atoms with Gasteiger partial charge in [-0.3, -0.25) is 9.59 Å². The second kappa shape index (κ2) is 6.33. The zero-order valence-electron chi connectivity index (χ0n) is 17.3. The number of methoxy groups -OCH3 is 1. The molecular formula is C24H28O4. The second-order valence-corrected chi connectivity index (χ2v) is 9.87. The molecule has 0 bridgehead atoms. The summed E-state index contributed by atoms with van der Waals surface area (Å²) in [5.41, 5.74) is 1.98. The van der Waals surface area contributed by atoms with Crippen LogP contribution in [-0.2, 0) is 14.3 Å². The van der Waals surface area contributed by atoms with Crippen LogP contribution < -0.4 is 4.74 Å². The van der Waals surface area contributed by atoms with Crippen LogP contribution in [0.15, 0.2) is 46.9 Å². The van der Waals surface area contributed by atoms with Crippen molar-refractivity contribution < 1.29 is 19.1 Å². The van der Waals surface area contributed by atoms with Crippen LogP contribution in [-0.4, -0.2) is 18.7 Å². The van der Waals surface area contributed by atoms with Crippen molar-refractivity contribution in [3.05, 3.63) is 52.5 Å². The molecule has 4 nitrogen and oxygen atoms in total. The lowest BCUT2D eigenvalue weighted by atomic mass is 9.65. The van der Waals surface area contributed by atoms with Gasteiger partial charge in [-0.05, 0) is 28.5 Å². The highest BCUT2D eigenvalue weighted by Crippen LogP contribution is 2.53. The molecule has 0 spiro atoms. The fourth-order valence-electron chi connectivity index (χ4n) is 4.83. The molecule has 1 aromatic carbocycles. The fraction of sp³-hybridized carbons (Fsp3) is 0.500. The van der Waals surface area contributed by atoms with E-state index in [4.69, 9.17) is 9.47 Å². The summed E-state index contributed by atoms with van der Waals surface area (Å²) >= 11 is 0. The van der Waals surface area contributed by atoms with Crippen molar-refractivity contribution in [2.24, 2.45) is 10.8 Å². The summed E-state index contributed by atoms with van der Waals surface area (Å²) in [7, 11) is 1.63. The van der Waals surface area contributed by atoms with Gasteiger partial charge in [0.15, 0.2) is 11.6 Å². The first-order valence-corrected chi connectivity index (χ1v) is 9.94. The highest BCUT2D eigenvalue weighted by Gasteiger charge is 2.47. The summed E-state index contributed by atoms with van der Waals surface area (Å²) in [6.45, 7) is 8.38. The molecule has 2 aliphatic carbocycles. The number of carbonyl (C=O) groups is 2. The van der Waals surface area contributed by atoms with Crippen LogP contribution >= 0.6 is 0 Å². The molecule has 1 aromatic rings. The molecule has 148 valence electrons. The van der Waals surface area contributed by atoms with E-state index in [-0.39, 0.29) is 28.3 Å². The van der Waals surface area contributed by atoms with Crippen molar-refractivity contribution in [1.82, 2.24) is 0 Å². The van der Waals surface area contributed by atoms with Gasteiger partial charge >= 0.3 is 0 Å². The lowest BCUT2D eigenvalue weighted by Gasteiger charge is -2.42. The number of hydrogen-bond donors (Lipinski definition) is 0. The minimum atomic E-state index is -0.360.